The zero-order valence-corrected chi connectivity index (χ0v) is 8.94. The van der Waals surface area contributed by atoms with Gasteiger partial charge in [-0.3, -0.25) is 0 Å². The number of carbonyl (C=O) groups is 1. The number of hydrogen-bond donors (Lipinski definition) is 2. The minimum absolute atomic E-state index is 0.00891. The number of nitrogens with one attached hydrogen (secondary N) is 1. The number of nitrogens with zero attached hydrogens (tertiary/aromatic N) is 1. The lowest BCUT2D eigenvalue weighted by Gasteiger charge is -2.23. The molecule has 0 aliphatic carbocycles. The van der Waals surface area contributed by atoms with Gasteiger partial charge in [0.2, 0.25) is 0 Å². The van der Waals surface area contributed by atoms with E-state index in [9.17, 15) is 4.79 Å². The Morgan fingerprint density at radius 2 is 2.25 bits per heavy atom. The molecule has 4 heteroatoms. The summed E-state index contributed by atoms with van der Waals surface area (Å²) in [6, 6.07) is 8.21. The summed E-state index contributed by atoms with van der Waals surface area (Å²) in [5.41, 5.74) is 2.45. The molecule has 16 heavy (non-hydrogen) atoms. The molecule has 0 aromatic heterocycles. The van der Waals surface area contributed by atoms with E-state index in [-0.39, 0.29) is 5.41 Å². The largest absolute Gasteiger partial charge is 0.465 e. The minimum atomic E-state index is -0.804. The van der Waals surface area contributed by atoms with E-state index in [4.69, 9.17) is 5.11 Å². The zero-order chi connectivity index (χ0) is 11.2. The standard InChI is InChI=1S/C12H14N2O2/c15-11(16)14-6-5-12(8-14)7-13-10-4-2-1-3-9(10)12/h1-4,13H,5-8H2,(H,15,16). The highest BCUT2D eigenvalue weighted by Crippen LogP contribution is 2.42. The average Bonchev–Trinajstić information content (AvgIpc) is 2.87. The molecule has 0 radical (unpaired) electrons. The van der Waals surface area contributed by atoms with Gasteiger partial charge in [0, 0.05) is 30.7 Å². The first-order chi connectivity index (χ1) is 7.71. The van der Waals surface area contributed by atoms with Crippen molar-refractivity contribution in [1.82, 2.24) is 4.90 Å². The van der Waals surface area contributed by atoms with Crippen molar-refractivity contribution in [2.45, 2.75) is 11.8 Å². The Bertz CT molecular complexity index is 446. The summed E-state index contributed by atoms with van der Waals surface area (Å²) in [6.45, 7) is 2.12. The van der Waals surface area contributed by atoms with Crippen molar-refractivity contribution in [2.75, 3.05) is 25.0 Å². The number of hydrogen-bond acceptors (Lipinski definition) is 2. The smallest absolute Gasteiger partial charge is 0.407 e. The number of benzene rings is 1. The molecule has 1 aromatic carbocycles. The predicted molar refractivity (Wildman–Crippen MR) is 60.8 cm³/mol. The lowest BCUT2D eigenvalue weighted by molar-refractivity contribution is 0.153. The summed E-state index contributed by atoms with van der Waals surface area (Å²) in [7, 11) is 0. The molecule has 84 valence electrons. The number of rotatable bonds is 0. The van der Waals surface area contributed by atoms with Crippen LogP contribution in [0.4, 0.5) is 10.5 Å². The van der Waals surface area contributed by atoms with Crippen LogP contribution in [0.5, 0.6) is 0 Å². The summed E-state index contributed by atoms with van der Waals surface area (Å²) in [5, 5.41) is 12.4. The van der Waals surface area contributed by atoms with E-state index in [1.807, 2.05) is 12.1 Å². The molecule has 2 heterocycles. The van der Waals surface area contributed by atoms with E-state index < -0.39 is 6.09 Å². The SMILES string of the molecule is O=C(O)N1CCC2(CNc3ccccc32)C1. The van der Waals surface area contributed by atoms with E-state index in [0.717, 1.165) is 18.7 Å². The fourth-order valence-electron chi connectivity index (χ4n) is 2.86. The maximum absolute atomic E-state index is 11.0. The molecule has 0 bridgehead atoms. The Morgan fingerprint density at radius 3 is 3.00 bits per heavy atom. The second kappa shape index (κ2) is 3.14. The number of fused-ring (bicyclic) bond motifs is 2. The first-order valence-electron chi connectivity index (χ1n) is 5.53. The molecule has 1 aromatic rings. The third kappa shape index (κ3) is 1.19. The van der Waals surface area contributed by atoms with Crippen molar-refractivity contribution in [2.24, 2.45) is 0 Å². The molecular weight excluding hydrogens is 204 g/mol. The molecular formula is C12H14N2O2. The highest BCUT2D eigenvalue weighted by Gasteiger charge is 2.45. The molecule has 1 unspecified atom stereocenters. The highest BCUT2D eigenvalue weighted by molar-refractivity contribution is 5.68. The molecule has 4 nitrogen and oxygen atoms in total. The maximum atomic E-state index is 11.0. The number of amides is 1. The van der Waals surface area contributed by atoms with Crippen LogP contribution in [0.3, 0.4) is 0 Å². The van der Waals surface area contributed by atoms with E-state index in [1.165, 1.54) is 10.5 Å². The first kappa shape index (κ1) is 9.51. The topological polar surface area (TPSA) is 52.6 Å². The van der Waals surface area contributed by atoms with Gasteiger partial charge in [-0.15, -0.1) is 0 Å². The van der Waals surface area contributed by atoms with E-state index in [0.29, 0.717) is 13.1 Å². The molecule has 2 aliphatic heterocycles. The molecule has 1 saturated heterocycles. The van der Waals surface area contributed by atoms with Gasteiger partial charge in [0.05, 0.1) is 0 Å². The van der Waals surface area contributed by atoms with Gasteiger partial charge >= 0.3 is 6.09 Å². The van der Waals surface area contributed by atoms with E-state index in [1.54, 1.807) is 0 Å². The number of para-hydroxylation sites is 1. The summed E-state index contributed by atoms with van der Waals surface area (Å²) in [6.07, 6.45) is 0.116. The monoisotopic (exact) mass is 218 g/mol. The van der Waals surface area contributed by atoms with Gasteiger partial charge in [-0.05, 0) is 18.1 Å². The Morgan fingerprint density at radius 1 is 1.44 bits per heavy atom. The van der Waals surface area contributed by atoms with Crippen LogP contribution >= 0.6 is 0 Å². The van der Waals surface area contributed by atoms with Crippen molar-refractivity contribution in [3.05, 3.63) is 29.8 Å². The second-order valence-corrected chi connectivity index (χ2v) is 4.63. The quantitative estimate of drug-likeness (QED) is 0.697. The second-order valence-electron chi connectivity index (χ2n) is 4.63. The average molecular weight is 218 g/mol. The Labute approximate surface area is 93.9 Å². The van der Waals surface area contributed by atoms with Crippen LogP contribution in [-0.2, 0) is 5.41 Å². The summed E-state index contributed by atoms with van der Waals surface area (Å²) < 4.78 is 0. The van der Waals surface area contributed by atoms with Gasteiger partial charge in [-0.25, -0.2) is 4.79 Å². The summed E-state index contributed by atoms with van der Waals surface area (Å²) in [5.74, 6) is 0. The fourth-order valence-corrected chi connectivity index (χ4v) is 2.86. The molecule has 1 amide bonds. The first-order valence-corrected chi connectivity index (χ1v) is 5.53. The Balaban J connectivity index is 1.95. The predicted octanol–water partition coefficient (Wildman–Crippen LogP) is 1.73. The van der Waals surface area contributed by atoms with Gasteiger partial charge in [0.1, 0.15) is 0 Å². The van der Waals surface area contributed by atoms with Gasteiger partial charge in [-0.1, -0.05) is 18.2 Å². The Hall–Kier alpha value is -1.71. The van der Waals surface area contributed by atoms with E-state index in [2.05, 4.69) is 17.4 Å². The molecule has 2 aliphatic rings. The molecule has 1 atom stereocenters. The third-order valence-corrected chi connectivity index (χ3v) is 3.74. The number of likely N-dealkylation sites (tertiary alicyclic amines) is 1. The highest BCUT2D eigenvalue weighted by atomic mass is 16.4. The molecule has 3 rings (SSSR count). The van der Waals surface area contributed by atoms with Crippen LogP contribution in [0.2, 0.25) is 0 Å². The molecule has 1 spiro atoms. The van der Waals surface area contributed by atoms with Crippen LogP contribution in [0, 0.1) is 0 Å². The van der Waals surface area contributed by atoms with Crippen molar-refractivity contribution >= 4 is 11.8 Å². The number of anilines is 1. The fraction of sp³-hybridized carbons (Fsp3) is 0.417. The minimum Gasteiger partial charge on any atom is -0.465 e. The van der Waals surface area contributed by atoms with Crippen LogP contribution in [0.15, 0.2) is 24.3 Å². The van der Waals surface area contributed by atoms with Crippen molar-refractivity contribution in [3.63, 3.8) is 0 Å². The van der Waals surface area contributed by atoms with E-state index >= 15 is 0 Å². The van der Waals surface area contributed by atoms with Gasteiger partial charge in [-0.2, -0.15) is 0 Å². The van der Waals surface area contributed by atoms with Crippen LogP contribution < -0.4 is 5.32 Å². The third-order valence-electron chi connectivity index (χ3n) is 3.74. The summed E-state index contributed by atoms with van der Waals surface area (Å²) >= 11 is 0. The molecule has 2 N–H and O–H groups in total. The lowest BCUT2D eigenvalue weighted by Crippen LogP contribution is -2.35. The Kier molecular flexibility index (Phi) is 1.87. The van der Waals surface area contributed by atoms with Crippen LogP contribution in [0.1, 0.15) is 12.0 Å². The lowest BCUT2D eigenvalue weighted by atomic mass is 9.82. The van der Waals surface area contributed by atoms with Gasteiger partial charge in [0.15, 0.2) is 0 Å². The van der Waals surface area contributed by atoms with Gasteiger partial charge in [0.25, 0.3) is 0 Å². The molecule has 1 fully saturated rings. The van der Waals surface area contributed by atoms with Crippen molar-refractivity contribution in [3.8, 4) is 0 Å². The number of carboxylic acid groups (broad SMARTS) is 1. The van der Waals surface area contributed by atoms with Crippen LogP contribution in [0.25, 0.3) is 0 Å². The van der Waals surface area contributed by atoms with Crippen molar-refractivity contribution < 1.29 is 9.90 Å². The molecule has 0 saturated carbocycles. The van der Waals surface area contributed by atoms with Crippen molar-refractivity contribution in [1.29, 1.82) is 0 Å². The maximum Gasteiger partial charge on any atom is 0.407 e. The normalized spacial score (nSPS) is 26.9. The van der Waals surface area contributed by atoms with Crippen LogP contribution in [-0.4, -0.2) is 35.7 Å². The summed E-state index contributed by atoms with van der Waals surface area (Å²) in [4.78, 5) is 12.5. The van der Waals surface area contributed by atoms with Gasteiger partial charge < -0.3 is 15.3 Å². The zero-order valence-electron chi connectivity index (χ0n) is 8.94.